The summed E-state index contributed by atoms with van der Waals surface area (Å²) in [6.45, 7) is 2.34. The number of carbonyl (C=O) groups is 1. The Hall–Kier alpha value is -1.49. The number of aromatic nitrogens is 2. The number of carbonyl (C=O) groups excluding carboxylic acids is 1. The molecular weight excluding hydrogens is 404 g/mol. The Bertz CT molecular complexity index is 871. The van der Waals surface area contributed by atoms with Gasteiger partial charge in [-0.3, -0.25) is 4.79 Å². The zero-order chi connectivity index (χ0) is 19.3. The van der Waals surface area contributed by atoms with Gasteiger partial charge in [-0.05, 0) is 25.3 Å². The number of amides is 1. The van der Waals surface area contributed by atoms with E-state index < -0.39 is 10.0 Å². The third-order valence-electron chi connectivity index (χ3n) is 4.35. The molecule has 1 atom stereocenters. The molecule has 0 bridgehead atoms. The number of nitrogens with zero attached hydrogens (tertiary/aromatic N) is 3. The second-order valence-corrected chi connectivity index (χ2v) is 10.7. The van der Waals surface area contributed by atoms with E-state index >= 15 is 0 Å². The van der Waals surface area contributed by atoms with Gasteiger partial charge in [-0.2, -0.15) is 0 Å². The molecule has 1 aromatic carbocycles. The number of hydrogen-bond donors (Lipinski definition) is 1. The lowest BCUT2D eigenvalue weighted by Crippen LogP contribution is -2.44. The zero-order valence-corrected chi connectivity index (χ0v) is 17.4. The predicted molar refractivity (Wildman–Crippen MR) is 108 cm³/mol. The van der Waals surface area contributed by atoms with Gasteiger partial charge in [0.05, 0.1) is 11.7 Å². The molecule has 3 rings (SSSR count). The van der Waals surface area contributed by atoms with Crippen LogP contribution in [0.15, 0.2) is 34.7 Å². The van der Waals surface area contributed by atoms with Crippen molar-refractivity contribution >= 4 is 44.2 Å². The molecule has 1 saturated heterocycles. The second kappa shape index (κ2) is 9.13. The van der Waals surface area contributed by atoms with Gasteiger partial charge in [-0.15, -0.1) is 10.2 Å². The minimum atomic E-state index is -3.27. The van der Waals surface area contributed by atoms with E-state index in [2.05, 4.69) is 27.6 Å². The highest BCUT2D eigenvalue weighted by molar-refractivity contribution is 8.00. The first-order valence-corrected chi connectivity index (χ1v) is 12.2. The van der Waals surface area contributed by atoms with Crippen LogP contribution in [0.4, 0.5) is 5.13 Å². The van der Waals surface area contributed by atoms with Crippen LogP contribution >= 0.6 is 23.1 Å². The number of hydrogen-bond acceptors (Lipinski definition) is 7. The third kappa shape index (κ3) is 5.50. The number of benzene rings is 1. The topological polar surface area (TPSA) is 92.3 Å². The molecule has 0 radical (unpaired) electrons. The molecule has 7 nitrogen and oxygen atoms in total. The zero-order valence-electron chi connectivity index (χ0n) is 15.0. The third-order valence-corrected chi connectivity index (χ3v) is 8.25. The Morgan fingerprint density at radius 1 is 1.33 bits per heavy atom. The van der Waals surface area contributed by atoms with Crippen molar-refractivity contribution in [1.82, 2.24) is 14.5 Å². The molecule has 27 heavy (non-hydrogen) atoms. The quantitative estimate of drug-likeness (QED) is 0.541. The summed E-state index contributed by atoms with van der Waals surface area (Å²) in [7, 11) is -3.27. The van der Waals surface area contributed by atoms with Gasteiger partial charge in [-0.25, -0.2) is 12.7 Å². The maximum Gasteiger partial charge on any atom is 0.230 e. The largest absolute Gasteiger partial charge is 0.300 e. The van der Waals surface area contributed by atoms with Crippen molar-refractivity contribution in [2.45, 2.75) is 29.9 Å². The smallest absolute Gasteiger partial charge is 0.230 e. The number of thioether (sulfide) groups is 1. The van der Waals surface area contributed by atoms with Crippen molar-refractivity contribution in [2.24, 2.45) is 5.92 Å². The van der Waals surface area contributed by atoms with Crippen LogP contribution < -0.4 is 5.32 Å². The summed E-state index contributed by atoms with van der Waals surface area (Å²) in [4.78, 5) is 12.5. The highest BCUT2D eigenvalue weighted by Crippen LogP contribution is 2.29. The molecule has 1 aliphatic heterocycles. The van der Waals surface area contributed by atoms with Crippen LogP contribution in [0.5, 0.6) is 0 Å². The number of piperidine rings is 1. The SMILES string of the molecule is CCS(=O)(=O)N1CCC[C@@H](C(=O)Nc2nnc(SCc3ccccc3)s2)C1. The predicted octanol–water partition coefficient (Wildman–Crippen LogP) is 2.83. The Kier molecular flexibility index (Phi) is 6.85. The molecule has 1 N–H and O–H groups in total. The van der Waals surface area contributed by atoms with Gasteiger partial charge in [0.2, 0.25) is 21.1 Å². The van der Waals surface area contributed by atoms with E-state index in [0.717, 1.165) is 10.1 Å². The molecule has 2 aromatic rings. The summed E-state index contributed by atoms with van der Waals surface area (Å²) in [5.74, 6) is 0.293. The Labute approximate surface area is 167 Å². The summed E-state index contributed by atoms with van der Waals surface area (Å²) in [6.07, 6.45) is 1.36. The van der Waals surface area contributed by atoms with Gasteiger partial charge in [0.15, 0.2) is 4.34 Å². The van der Waals surface area contributed by atoms with Gasteiger partial charge in [0.25, 0.3) is 0 Å². The molecule has 1 amide bonds. The molecule has 10 heteroatoms. The van der Waals surface area contributed by atoms with Gasteiger partial charge in [-0.1, -0.05) is 53.4 Å². The summed E-state index contributed by atoms with van der Waals surface area (Å²) in [6, 6.07) is 10.1. The molecule has 0 spiro atoms. The lowest BCUT2D eigenvalue weighted by molar-refractivity contribution is -0.120. The first kappa shape index (κ1) is 20.2. The molecule has 1 aliphatic rings. The van der Waals surface area contributed by atoms with Crippen molar-refractivity contribution in [1.29, 1.82) is 0 Å². The number of anilines is 1. The van der Waals surface area contributed by atoms with Crippen molar-refractivity contribution in [3.63, 3.8) is 0 Å². The van der Waals surface area contributed by atoms with E-state index in [1.165, 1.54) is 21.2 Å². The maximum atomic E-state index is 12.5. The van der Waals surface area contributed by atoms with Crippen LogP contribution in [0.3, 0.4) is 0 Å². The molecule has 0 unspecified atom stereocenters. The minimum absolute atomic E-state index is 0.0553. The van der Waals surface area contributed by atoms with Gasteiger partial charge in [0.1, 0.15) is 0 Å². The highest BCUT2D eigenvalue weighted by Gasteiger charge is 2.31. The van der Waals surface area contributed by atoms with Crippen molar-refractivity contribution in [2.75, 3.05) is 24.2 Å². The standard InChI is InChI=1S/C17H22N4O3S3/c1-2-27(23,24)21-10-6-9-14(11-21)15(22)18-16-19-20-17(26-16)25-12-13-7-4-3-5-8-13/h3-5,7-8,14H,2,6,9-12H2,1H3,(H,18,19,22)/t14-/m1/s1. The number of rotatable bonds is 7. The maximum absolute atomic E-state index is 12.5. The molecule has 0 saturated carbocycles. The Balaban J connectivity index is 1.54. The van der Waals surface area contributed by atoms with Crippen LogP contribution in [-0.2, 0) is 20.6 Å². The van der Waals surface area contributed by atoms with Gasteiger partial charge < -0.3 is 5.32 Å². The number of nitrogens with one attached hydrogen (secondary N) is 1. The Morgan fingerprint density at radius 3 is 2.85 bits per heavy atom. The lowest BCUT2D eigenvalue weighted by atomic mass is 9.99. The van der Waals surface area contributed by atoms with Crippen LogP contribution in [0.25, 0.3) is 0 Å². The molecule has 1 fully saturated rings. The van der Waals surface area contributed by atoms with E-state index in [4.69, 9.17) is 0 Å². The second-order valence-electron chi connectivity index (χ2n) is 6.23. The first-order chi connectivity index (χ1) is 13.0. The van der Waals surface area contributed by atoms with Crippen LogP contribution in [0.2, 0.25) is 0 Å². The molecule has 0 aliphatic carbocycles. The summed E-state index contributed by atoms with van der Waals surface area (Å²) >= 11 is 2.90. The molecule has 2 heterocycles. The van der Waals surface area contributed by atoms with Gasteiger partial charge >= 0.3 is 0 Å². The van der Waals surface area contributed by atoms with Crippen molar-refractivity contribution < 1.29 is 13.2 Å². The van der Waals surface area contributed by atoms with E-state index in [-0.39, 0.29) is 24.1 Å². The van der Waals surface area contributed by atoms with E-state index in [1.807, 2.05) is 18.2 Å². The number of sulfonamides is 1. The fourth-order valence-corrected chi connectivity index (χ4v) is 5.73. The average Bonchev–Trinajstić information content (AvgIpc) is 3.14. The van der Waals surface area contributed by atoms with E-state index in [0.29, 0.717) is 24.5 Å². The minimum Gasteiger partial charge on any atom is -0.300 e. The van der Waals surface area contributed by atoms with E-state index in [9.17, 15) is 13.2 Å². The highest BCUT2D eigenvalue weighted by atomic mass is 32.2. The van der Waals surface area contributed by atoms with Crippen molar-refractivity contribution in [3.8, 4) is 0 Å². The summed E-state index contributed by atoms with van der Waals surface area (Å²) in [5.41, 5.74) is 1.20. The summed E-state index contributed by atoms with van der Waals surface area (Å²) in [5, 5.41) is 11.4. The summed E-state index contributed by atoms with van der Waals surface area (Å²) < 4.78 is 26.3. The first-order valence-electron chi connectivity index (χ1n) is 8.77. The van der Waals surface area contributed by atoms with Crippen LogP contribution in [0.1, 0.15) is 25.3 Å². The molecule has 146 valence electrons. The average molecular weight is 427 g/mol. The lowest BCUT2D eigenvalue weighted by Gasteiger charge is -2.30. The van der Waals surface area contributed by atoms with Crippen molar-refractivity contribution in [3.05, 3.63) is 35.9 Å². The van der Waals surface area contributed by atoms with Crippen LogP contribution in [-0.4, -0.2) is 47.7 Å². The van der Waals surface area contributed by atoms with Crippen LogP contribution in [0, 0.1) is 5.92 Å². The fourth-order valence-electron chi connectivity index (χ4n) is 2.84. The van der Waals surface area contributed by atoms with E-state index in [1.54, 1.807) is 18.7 Å². The fraction of sp³-hybridized carbons (Fsp3) is 0.471. The molecular formula is C17H22N4O3S3. The molecule has 1 aromatic heterocycles. The monoisotopic (exact) mass is 426 g/mol. The Morgan fingerprint density at radius 2 is 2.11 bits per heavy atom. The van der Waals surface area contributed by atoms with Gasteiger partial charge in [0, 0.05) is 18.8 Å². The normalized spacial score (nSPS) is 18.3.